The molecule has 0 fully saturated rings. The van der Waals surface area contributed by atoms with Gasteiger partial charge in [-0.15, -0.1) is 0 Å². The van der Waals surface area contributed by atoms with Crippen molar-refractivity contribution in [2.24, 2.45) is 0 Å². The Kier molecular flexibility index (Phi) is 6.38. The fourth-order valence-corrected chi connectivity index (χ4v) is 3.84. The molecule has 2 aromatic carbocycles. The molecule has 1 amide bonds. The molecule has 3 aromatic rings. The largest absolute Gasteiger partial charge is 0.345 e. The molecular weight excluding hydrogens is 365 g/mol. The third-order valence-corrected chi connectivity index (χ3v) is 5.66. The summed E-state index contributed by atoms with van der Waals surface area (Å²) in [4.78, 5) is 15.1. The quantitative estimate of drug-likeness (QED) is 0.622. The van der Waals surface area contributed by atoms with E-state index < -0.39 is 0 Å². The standard InChI is InChI=1S/C24H30FN3O/c1-6-28-17(3)16(2)21-15-19(9-12-23(21)28)24(29)26-22(13-14-27(4)5)18-7-10-20(25)11-8-18/h7-12,15,22H,6,13-14H2,1-5H3,(H,26,29). The fourth-order valence-electron chi connectivity index (χ4n) is 3.84. The van der Waals surface area contributed by atoms with E-state index in [1.807, 2.05) is 32.3 Å². The van der Waals surface area contributed by atoms with Crippen molar-refractivity contribution in [2.75, 3.05) is 20.6 Å². The maximum Gasteiger partial charge on any atom is 0.251 e. The highest BCUT2D eigenvalue weighted by Gasteiger charge is 2.18. The van der Waals surface area contributed by atoms with E-state index in [0.717, 1.165) is 36.0 Å². The first kappa shape index (κ1) is 21.1. The summed E-state index contributed by atoms with van der Waals surface area (Å²) < 4.78 is 15.6. The van der Waals surface area contributed by atoms with E-state index in [1.54, 1.807) is 12.1 Å². The first-order chi connectivity index (χ1) is 13.8. The van der Waals surface area contributed by atoms with Crippen LogP contribution < -0.4 is 5.32 Å². The van der Waals surface area contributed by atoms with Crippen molar-refractivity contribution in [3.63, 3.8) is 0 Å². The van der Waals surface area contributed by atoms with Crippen LogP contribution in [0.15, 0.2) is 42.5 Å². The van der Waals surface area contributed by atoms with Crippen LogP contribution in [0.25, 0.3) is 10.9 Å². The Labute approximate surface area is 172 Å². The predicted octanol–water partition coefficient (Wildman–Crippen LogP) is 4.84. The maximum absolute atomic E-state index is 13.3. The third kappa shape index (κ3) is 4.51. The van der Waals surface area contributed by atoms with E-state index >= 15 is 0 Å². The zero-order chi connectivity index (χ0) is 21.1. The van der Waals surface area contributed by atoms with Crippen molar-refractivity contribution in [3.8, 4) is 0 Å². The lowest BCUT2D eigenvalue weighted by Gasteiger charge is -2.21. The number of nitrogens with one attached hydrogen (secondary N) is 1. The van der Waals surface area contributed by atoms with Gasteiger partial charge in [-0.3, -0.25) is 4.79 Å². The van der Waals surface area contributed by atoms with Gasteiger partial charge in [-0.1, -0.05) is 12.1 Å². The van der Waals surface area contributed by atoms with E-state index in [1.165, 1.54) is 23.4 Å². The highest BCUT2D eigenvalue weighted by atomic mass is 19.1. The van der Waals surface area contributed by atoms with Crippen LogP contribution in [0.1, 0.15) is 46.6 Å². The van der Waals surface area contributed by atoms with Gasteiger partial charge in [0.15, 0.2) is 0 Å². The molecule has 0 aliphatic heterocycles. The van der Waals surface area contributed by atoms with Crippen LogP contribution >= 0.6 is 0 Å². The molecule has 1 N–H and O–H groups in total. The topological polar surface area (TPSA) is 37.3 Å². The minimum atomic E-state index is -0.275. The van der Waals surface area contributed by atoms with Gasteiger partial charge < -0.3 is 14.8 Å². The smallest absolute Gasteiger partial charge is 0.251 e. The maximum atomic E-state index is 13.3. The van der Waals surface area contributed by atoms with Crippen LogP contribution in [0.2, 0.25) is 0 Å². The Morgan fingerprint density at radius 1 is 1.14 bits per heavy atom. The van der Waals surface area contributed by atoms with E-state index in [2.05, 4.69) is 35.6 Å². The van der Waals surface area contributed by atoms with Gasteiger partial charge in [0.25, 0.3) is 5.91 Å². The second kappa shape index (κ2) is 8.78. The van der Waals surface area contributed by atoms with Crippen LogP contribution in [0, 0.1) is 19.7 Å². The summed E-state index contributed by atoms with van der Waals surface area (Å²) in [6.45, 7) is 8.07. The zero-order valence-electron chi connectivity index (χ0n) is 17.9. The van der Waals surface area contributed by atoms with Crippen LogP contribution in [0.5, 0.6) is 0 Å². The average molecular weight is 396 g/mol. The number of nitrogens with zero attached hydrogens (tertiary/aromatic N) is 2. The molecule has 154 valence electrons. The van der Waals surface area contributed by atoms with Gasteiger partial charge in [0.1, 0.15) is 5.82 Å². The summed E-state index contributed by atoms with van der Waals surface area (Å²) in [6, 6.07) is 12.1. The number of aryl methyl sites for hydroxylation is 2. The van der Waals surface area contributed by atoms with E-state index in [9.17, 15) is 9.18 Å². The van der Waals surface area contributed by atoms with Gasteiger partial charge in [0.2, 0.25) is 0 Å². The number of hydrogen-bond donors (Lipinski definition) is 1. The van der Waals surface area contributed by atoms with Crippen molar-refractivity contribution >= 4 is 16.8 Å². The summed E-state index contributed by atoms with van der Waals surface area (Å²) in [5.74, 6) is -0.385. The molecule has 0 bridgehead atoms. The highest BCUT2D eigenvalue weighted by Crippen LogP contribution is 2.27. The minimum Gasteiger partial charge on any atom is -0.345 e. The number of amides is 1. The summed E-state index contributed by atoms with van der Waals surface area (Å²) in [5.41, 5.74) is 5.15. The molecule has 0 aliphatic rings. The van der Waals surface area contributed by atoms with E-state index in [0.29, 0.717) is 5.56 Å². The fraction of sp³-hybridized carbons (Fsp3) is 0.375. The summed E-state index contributed by atoms with van der Waals surface area (Å²) in [7, 11) is 4.00. The second-order valence-corrected chi connectivity index (χ2v) is 7.86. The van der Waals surface area contributed by atoms with Crippen molar-refractivity contribution in [2.45, 2.75) is 39.8 Å². The van der Waals surface area contributed by atoms with E-state index in [-0.39, 0.29) is 17.8 Å². The molecule has 3 rings (SSSR count). The lowest BCUT2D eigenvalue weighted by Crippen LogP contribution is -2.31. The number of hydrogen-bond acceptors (Lipinski definition) is 2. The number of carbonyl (C=O) groups is 1. The monoisotopic (exact) mass is 395 g/mol. The Bertz CT molecular complexity index is 1010. The van der Waals surface area contributed by atoms with Crippen molar-refractivity contribution in [1.82, 2.24) is 14.8 Å². The molecule has 1 aromatic heterocycles. The number of rotatable bonds is 7. The first-order valence-corrected chi connectivity index (χ1v) is 10.1. The Morgan fingerprint density at radius 2 is 1.83 bits per heavy atom. The van der Waals surface area contributed by atoms with Gasteiger partial charge in [0, 0.05) is 28.7 Å². The zero-order valence-corrected chi connectivity index (χ0v) is 17.9. The number of carbonyl (C=O) groups excluding carboxylic acids is 1. The van der Waals surface area contributed by atoms with Gasteiger partial charge in [-0.25, -0.2) is 4.39 Å². The molecule has 0 saturated carbocycles. The Hall–Kier alpha value is -2.66. The molecule has 4 nitrogen and oxygen atoms in total. The highest BCUT2D eigenvalue weighted by molar-refractivity contribution is 5.99. The molecule has 0 aliphatic carbocycles. The molecular formula is C24H30FN3O. The first-order valence-electron chi connectivity index (χ1n) is 10.1. The lowest BCUT2D eigenvalue weighted by atomic mass is 10.0. The van der Waals surface area contributed by atoms with Gasteiger partial charge >= 0.3 is 0 Å². The summed E-state index contributed by atoms with van der Waals surface area (Å²) >= 11 is 0. The van der Waals surface area contributed by atoms with E-state index in [4.69, 9.17) is 0 Å². The number of halogens is 1. The van der Waals surface area contributed by atoms with Gasteiger partial charge in [-0.2, -0.15) is 0 Å². The van der Waals surface area contributed by atoms with Crippen LogP contribution in [0.3, 0.4) is 0 Å². The van der Waals surface area contributed by atoms with Crippen LogP contribution in [-0.4, -0.2) is 36.0 Å². The molecule has 0 spiro atoms. The Morgan fingerprint density at radius 3 is 2.45 bits per heavy atom. The molecule has 0 saturated heterocycles. The molecule has 0 radical (unpaired) electrons. The van der Waals surface area contributed by atoms with Gasteiger partial charge in [0.05, 0.1) is 6.04 Å². The summed E-state index contributed by atoms with van der Waals surface area (Å²) in [6.07, 6.45) is 0.747. The Balaban J connectivity index is 1.88. The average Bonchev–Trinajstić information content (AvgIpc) is 2.95. The number of benzene rings is 2. The molecule has 1 heterocycles. The molecule has 29 heavy (non-hydrogen) atoms. The van der Waals surface area contributed by atoms with Crippen molar-refractivity contribution in [3.05, 3.63) is 70.7 Å². The lowest BCUT2D eigenvalue weighted by molar-refractivity contribution is 0.0933. The number of aromatic nitrogens is 1. The van der Waals surface area contributed by atoms with Crippen LogP contribution in [-0.2, 0) is 6.54 Å². The number of fused-ring (bicyclic) bond motifs is 1. The predicted molar refractivity (Wildman–Crippen MR) is 117 cm³/mol. The minimum absolute atomic E-state index is 0.110. The molecule has 1 unspecified atom stereocenters. The third-order valence-electron chi connectivity index (χ3n) is 5.66. The van der Waals surface area contributed by atoms with Crippen molar-refractivity contribution in [1.29, 1.82) is 0 Å². The summed E-state index contributed by atoms with van der Waals surface area (Å²) in [5, 5.41) is 4.26. The van der Waals surface area contributed by atoms with Crippen molar-refractivity contribution < 1.29 is 9.18 Å². The normalized spacial score (nSPS) is 12.5. The van der Waals surface area contributed by atoms with Gasteiger partial charge in [-0.05, 0) is 89.3 Å². The second-order valence-electron chi connectivity index (χ2n) is 7.86. The SMILES string of the molecule is CCn1c(C)c(C)c2cc(C(=O)NC(CCN(C)C)c3ccc(F)cc3)ccc21. The molecule has 1 atom stereocenters. The molecule has 5 heteroatoms. The van der Waals surface area contributed by atoms with Crippen LogP contribution in [0.4, 0.5) is 4.39 Å².